The third-order valence-electron chi connectivity index (χ3n) is 2.95. The van der Waals surface area contributed by atoms with Crippen LogP contribution < -0.4 is 11.1 Å². The van der Waals surface area contributed by atoms with E-state index in [9.17, 15) is 4.79 Å². The number of hydrogen-bond acceptors (Lipinski definition) is 4. The normalized spacial score (nSPS) is 24.3. The van der Waals surface area contributed by atoms with Crippen molar-refractivity contribution in [2.24, 2.45) is 0 Å². The van der Waals surface area contributed by atoms with E-state index in [4.69, 9.17) is 10.5 Å². The minimum Gasteiger partial charge on any atom is -0.397 e. The van der Waals surface area contributed by atoms with E-state index in [2.05, 4.69) is 10.3 Å². The van der Waals surface area contributed by atoms with Gasteiger partial charge >= 0.3 is 0 Å². The highest BCUT2D eigenvalue weighted by atomic mass is 16.5. The maximum Gasteiger partial charge on any atom is 0.253 e. The molecule has 0 bridgehead atoms. The molecule has 1 saturated heterocycles. The average Bonchev–Trinajstić information content (AvgIpc) is 2.29. The fraction of sp³-hybridized carbons (Fsp3) is 0.500. The Morgan fingerprint density at radius 1 is 1.65 bits per heavy atom. The summed E-state index contributed by atoms with van der Waals surface area (Å²) in [5.74, 6) is -0.169. The number of carbonyl (C=O) groups excluding carboxylic acids is 1. The molecule has 1 aliphatic heterocycles. The molecule has 17 heavy (non-hydrogen) atoms. The molecule has 1 aromatic rings. The predicted octanol–water partition coefficient (Wildman–Crippen LogP) is 0.963. The maximum atomic E-state index is 12.1. The van der Waals surface area contributed by atoms with Gasteiger partial charge in [-0.1, -0.05) is 0 Å². The monoisotopic (exact) mass is 235 g/mol. The smallest absolute Gasteiger partial charge is 0.253 e. The summed E-state index contributed by atoms with van der Waals surface area (Å²) in [6.45, 7) is 3.30. The van der Waals surface area contributed by atoms with Crippen LogP contribution in [0, 0.1) is 0 Å². The summed E-state index contributed by atoms with van der Waals surface area (Å²) in [6, 6.07) is 1.62. The number of hydrogen-bond donors (Lipinski definition) is 2. The first-order chi connectivity index (χ1) is 8.11. The number of anilines is 1. The van der Waals surface area contributed by atoms with Crippen LogP contribution in [-0.4, -0.2) is 29.6 Å². The zero-order valence-electron chi connectivity index (χ0n) is 9.90. The van der Waals surface area contributed by atoms with Crippen molar-refractivity contribution >= 4 is 11.6 Å². The van der Waals surface area contributed by atoms with Gasteiger partial charge in [-0.15, -0.1) is 0 Å². The van der Waals surface area contributed by atoms with Crippen LogP contribution in [0.15, 0.2) is 18.5 Å². The van der Waals surface area contributed by atoms with Crippen LogP contribution in [0.3, 0.4) is 0 Å². The molecule has 5 heteroatoms. The summed E-state index contributed by atoms with van der Waals surface area (Å²) >= 11 is 0. The lowest BCUT2D eigenvalue weighted by atomic mass is 9.94. The van der Waals surface area contributed by atoms with E-state index in [0.29, 0.717) is 17.9 Å². The van der Waals surface area contributed by atoms with Gasteiger partial charge in [0.25, 0.3) is 5.91 Å². The van der Waals surface area contributed by atoms with E-state index in [1.165, 1.54) is 6.20 Å². The molecule has 3 N–H and O–H groups in total. The second-order valence-electron chi connectivity index (χ2n) is 4.63. The lowest BCUT2D eigenvalue weighted by molar-refractivity contribution is 0.0273. The molecule has 1 aliphatic rings. The predicted molar refractivity (Wildman–Crippen MR) is 64.6 cm³/mol. The first kappa shape index (κ1) is 11.9. The summed E-state index contributed by atoms with van der Waals surface area (Å²) < 4.78 is 5.39. The highest BCUT2D eigenvalue weighted by molar-refractivity contribution is 5.99. The number of nitrogens with zero attached hydrogens (tertiary/aromatic N) is 1. The first-order valence-corrected chi connectivity index (χ1v) is 5.70. The molecule has 0 saturated carbocycles. The summed E-state index contributed by atoms with van der Waals surface area (Å²) in [7, 11) is 0. The zero-order valence-corrected chi connectivity index (χ0v) is 9.90. The highest BCUT2D eigenvalue weighted by Gasteiger charge is 2.29. The van der Waals surface area contributed by atoms with E-state index in [1.54, 1.807) is 12.3 Å². The molecule has 5 nitrogen and oxygen atoms in total. The Hall–Kier alpha value is -1.62. The molecule has 2 rings (SSSR count). The molecule has 0 aliphatic carbocycles. The van der Waals surface area contributed by atoms with E-state index < -0.39 is 0 Å². The van der Waals surface area contributed by atoms with Crippen LogP contribution in [0.1, 0.15) is 30.1 Å². The van der Waals surface area contributed by atoms with E-state index in [1.807, 2.05) is 6.92 Å². The molecular formula is C12H17N3O2. The van der Waals surface area contributed by atoms with Crippen LogP contribution in [0.25, 0.3) is 0 Å². The average molecular weight is 235 g/mol. The van der Waals surface area contributed by atoms with Gasteiger partial charge in [0, 0.05) is 12.8 Å². The number of ether oxygens (including phenoxy) is 1. The fourth-order valence-electron chi connectivity index (χ4n) is 1.99. The van der Waals surface area contributed by atoms with Gasteiger partial charge < -0.3 is 15.8 Å². The van der Waals surface area contributed by atoms with Crippen molar-refractivity contribution in [1.82, 2.24) is 10.3 Å². The third kappa shape index (κ3) is 2.74. The van der Waals surface area contributed by atoms with Crippen molar-refractivity contribution in [3.63, 3.8) is 0 Å². The van der Waals surface area contributed by atoms with Gasteiger partial charge in [-0.3, -0.25) is 9.78 Å². The maximum absolute atomic E-state index is 12.1. The summed E-state index contributed by atoms with van der Waals surface area (Å²) in [5.41, 5.74) is 6.27. The Labute approximate surface area is 100 Å². The van der Waals surface area contributed by atoms with Crippen molar-refractivity contribution in [2.75, 3.05) is 18.9 Å². The number of carbonyl (C=O) groups is 1. The van der Waals surface area contributed by atoms with Crippen molar-refractivity contribution in [2.45, 2.75) is 25.3 Å². The summed E-state index contributed by atoms with van der Waals surface area (Å²) in [5, 5.41) is 2.98. The molecule has 2 heterocycles. The SMILES string of the molecule is CC1(NC(=O)c2ccncc2N)CCCOC1. The number of pyridine rings is 1. The Morgan fingerprint density at radius 3 is 3.12 bits per heavy atom. The second-order valence-corrected chi connectivity index (χ2v) is 4.63. The van der Waals surface area contributed by atoms with Crippen LogP contribution in [0.2, 0.25) is 0 Å². The van der Waals surface area contributed by atoms with E-state index >= 15 is 0 Å². The molecule has 1 atom stereocenters. The van der Waals surface area contributed by atoms with E-state index in [0.717, 1.165) is 19.4 Å². The number of nitrogen functional groups attached to an aromatic ring is 1. The van der Waals surface area contributed by atoms with Gasteiger partial charge in [0.1, 0.15) is 0 Å². The number of rotatable bonds is 2. The van der Waals surface area contributed by atoms with Crippen LogP contribution in [-0.2, 0) is 4.74 Å². The van der Waals surface area contributed by atoms with Crippen molar-refractivity contribution in [3.8, 4) is 0 Å². The van der Waals surface area contributed by atoms with Crippen molar-refractivity contribution in [1.29, 1.82) is 0 Å². The number of amides is 1. The standard InChI is InChI=1S/C12H17N3O2/c1-12(4-2-6-17-8-12)15-11(16)9-3-5-14-7-10(9)13/h3,5,7H,2,4,6,8,13H2,1H3,(H,15,16). The van der Waals surface area contributed by atoms with Gasteiger partial charge in [0.05, 0.1) is 29.6 Å². The minimum atomic E-state index is -0.301. The Bertz CT molecular complexity index is 414. The zero-order chi connectivity index (χ0) is 12.3. The summed E-state index contributed by atoms with van der Waals surface area (Å²) in [4.78, 5) is 15.9. The van der Waals surface area contributed by atoms with Gasteiger partial charge in [-0.05, 0) is 25.8 Å². The molecule has 0 radical (unpaired) electrons. The van der Waals surface area contributed by atoms with Gasteiger partial charge in [0.15, 0.2) is 0 Å². The Balaban J connectivity index is 2.09. The van der Waals surface area contributed by atoms with Gasteiger partial charge in [-0.2, -0.15) is 0 Å². The molecule has 1 aromatic heterocycles. The third-order valence-corrected chi connectivity index (χ3v) is 2.95. The largest absolute Gasteiger partial charge is 0.397 e. The minimum absolute atomic E-state index is 0.169. The molecule has 0 spiro atoms. The first-order valence-electron chi connectivity index (χ1n) is 5.70. The lowest BCUT2D eigenvalue weighted by Crippen LogP contribution is -2.51. The Kier molecular flexibility index (Phi) is 3.28. The molecule has 0 aromatic carbocycles. The number of aromatic nitrogens is 1. The molecule has 1 amide bonds. The molecule has 1 fully saturated rings. The molecule has 92 valence electrons. The van der Waals surface area contributed by atoms with Gasteiger partial charge in [-0.25, -0.2) is 0 Å². The Morgan fingerprint density at radius 2 is 2.47 bits per heavy atom. The lowest BCUT2D eigenvalue weighted by Gasteiger charge is -2.34. The summed E-state index contributed by atoms with van der Waals surface area (Å²) in [6.07, 6.45) is 4.92. The van der Waals surface area contributed by atoms with Crippen LogP contribution in [0.5, 0.6) is 0 Å². The quantitative estimate of drug-likeness (QED) is 0.800. The number of nitrogens with two attached hydrogens (primary N) is 1. The van der Waals surface area contributed by atoms with Crippen LogP contribution >= 0.6 is 0 Å². The van der Waals surface area contributed by atoms with Gasteiger partial charge in [0.2, 0.25) is 0 Å². The van der Waals surface area contributed by atoms with Crippen molar-refractivity contribution in [3.05, 3.63) is 24.0 Å². The van der Waals surface area contributed by atoms with Crippen LogP contribution in [0.4, 0.5) is 5.69 Å². The second kappa shape index (κ2) is 4.71. The molecular weight excluding hydrogens is 218 g/mol. The number of nitrogens with one attached hydrogen (secondary N) is 1. The molecule has 1 unspecified atom stereocenters. The topological polar surface area (TPSA) is 77.2 Å². The fourth-order valence-corrected chi connectivity index (χ4v) is 1.99. The van der Waals surface area contributed by atoms with E-state index in [-0.39, 0.29) is 11.4 Å². The van der Waals surface area contributed by atoms with Crippen molar-refractivity contribution < 1.29 is 9.53 Å². The highest BCUT2D eigenvalue weighted by Crippen LogP contribution is 2.19.